The first-order valence-electron chi connectivity index (χ1n) is 7.51. The summed E-state index contributed by atoms with van der Waals surface area (Å²) in [6.45, 7) is 6.25. The number of esters is 1. The van der Waals surface area contributed by atoms with Crippen molar-refractivity contribution in [3.8, 4) is 0 Å². The van der Waals surface area contributed by atoms with E-state index in [1.54, 1.807) is 20.8 Å². The third-order valence-corrected chi connectivity index (χ3v) is 3.13. The second-order valence-corrected chi connectivity index (χ2v) is 6.45. The van der Waals surface area contributed by atoms with E-state index >= 15 is 0 Å². The molecule has 1 atom stereocenters. The zero-order valence-corrected chi connectivity index (χ0v) is 14.2. The van der Waals surface area contributed by atoms with Crippen LogP contribution in [0.5, 0.6) is 0 Å². The molecule has 0 aliphatic carbocycles. The van der Waals surface area contributed by atoms with Crippen LogP contribution >= 0.6 is 0 Å². The van der Waals surface area contributed by atoms with Crippen molar-refractivity contribution in [3.05, 3.63) is 39.9 Å². The lowest BCUT2D eigenvalue weighted by molar-refractivity contribution is -0.385. The summed E-state index contributed by atoms with van der Waals surface area (Å²) in [6.07, 6.45) is -0.204. The summed E-state index contributed by atoms with van der Waals surface area (Å²) in [4.78, 5) is 46.6. The van der Waals surface area contributed by atoms with Gasteiger partial charge in [0.2, 0.25) is 0 Å². The Balaban J connectivity index is 3.28. The van der Waals surface area contributed by atoms with E-state index in [1.165, 1.54) is 31.2 Å². The third-order valence-electron chi connectivity index (χ3n) is 3.13. The van der Waals surface area contributed by atoms with Gasteiger partial charge in [0.05, 0.1) is 10.5 Å². The van der Waals surface area contributed by atoms with Crippen molar-refractivity contribution in [1.29, 1.82) is 0 Å². The second-order valence-electron chi connectivity index (χ2n) is 6.45. The highest BCUT2D eigenvalue weighted by atomic mass is 16.6. The predicted molar refractivity (Wildman–Crippen MR) is 86.6 cm³/mol. The number of nitrogens with zero attached hydrogens (tertiary/aromatic N) is 1. The fourth-order valence-corrected chi connectivity index (χ4v) is 2.13. The number of nitro benzene ring substituents is 1. The maximum Gasteiger partial charge on any atom is 0.321 e. The summed E-state index contributed by atoms with van der Waals surface area (Å²) in [6, 6.07) is 5.55. The minimum Gasteiger partial charge on any atom is -0.459 e. The van der Waals surface area contributed by atoms with Gasteiger partial charge in [-0.15, -0.1) is 0 Å². The fraction of sp³-hybridized carbons (Fsp3) is 0.471. The minimum atomic E-state index is -1.43. The quantitative estimate of drug-likeness (QED) is 0.328. The van der Waals surface area contributed by atoms with Gasteiger partial charge in [-0.1, -0.05) is 18.2 Å². The lowest BCUT2D eigenvalue weighted by Gasteiger charge is -2.23. The topological polar surface area (TPSA) is 104 Å². The third kappa shape index (κ3) is 5.57. The summed E-state index contributed by atoms with van der Waals surface area (Å²) in [5.74, 6) is -3.06. The second kappa shape index (κ2) is 7.81. The molecule has 0 aromatic heterocycles. The molecular formula is C17H21NO6. The molecular weight excluding hydrogens is 314 g/mol. The van der Waals surface area contributed by atoms with Gasteiger partial charge in [-0.2, -0.15) is 0 Å². The van der Waals surface area contributed by atoms with E-state index in [1.807, 2.05) is 0 Å². The highest BCUT2D eigenvalue weighted by molar-refractivity contribution is 6.06. The number of benzene rings is 1. The van der Waals surface area contributed by atoms with Crippen LogP contribution in [0.1, 0.15) is 52.0 Å². The first-order chi connectivity index (χ1) is 11.0. The van der Waals surface area contributed by atoms with Gasteiger partial charge in [0.15, 0.2) is 5.78 Å². The molecule has 0 fully saturated rings. The van der Waals surface area contributed by atoms with E-state index in [0.29, 0.717) is 0 Å². The number of hydrogen-bond donors (Lipinski definition) is 0. The van der Waals surface area contributed by atoms with Gasteiger partial charge in [0.1, 0.15) is 17.3 Å². The van der Waals surface area contributed by atoms with Crippen LogP contribution in [0.25, 0.3) is 0 Å². The van der Waals surface area contributed by atoms with Crippen molar-refractivity contribution in [2.75, 3.05) is 0 Å². The average Bonchev–Trinajstić information content (AvgIpc) is 2.43. The number of carbonyl (C=O) groups excluding carboxylic acids is 3. The molecule has 1 rings (SSSR count). The number of rotatable bonds is 7. The molecule has 1 unspecified atom stereocenters. The molecule has 1 aromatic rings. The largest absolute Gasteiger partial charge is 0.459 e. The van der Waals surface area contributed by atoms with Gasteiger partial charge < -0.3 is 9.53 Å². The number of carbonyl (C=O) groups is 3. The van der Waals surface area contributed by atoms with E-state index < -0.39 is 28.2 Å². The molecule has 0 aliphatic rings. The Hall–Kier alpha value is -2.57. The van der Waals surface area contributed by atoms with Crippen LogP contribution in [0.2, 0.25) is 0 Å². The van der Waals surface area contributed by atoms with Crippen LogP contribution in [-0.4, -0.2) is 28.1 Å². The van der Waals surface area contributed by atoms with Crippen LogP contribution in [0.3, 0.4) is 0 Å². The zero-order chi connectivity index (χ0) is 18.5. The van der Waals surface area contributed by atoms with Crippen molar-refractivity contribution in [3.63, 3.8) is 0 Å². The van der Waals surface area contributed by atoms with Crippen molar-refractivity contribution in [1.82, 2.24) is 0 Å². The van der Waals surface area contributed by atoms with Gasteiger partial charge >= 0.3 is 5.97 Å². The number of nitro groups is 1. The molecule has 0 amide bonds. The summed E-state index contributed by atoms with van der Waals surface area (Å²) < 4.78 is 5.25. The Kier molecular flexibility index (Phi) is 6.34. The van der Waals surface area contributed by atoms with Crippen LogP contribution in [0, 0.1) is 10.1 Å². The molecule has 0 spiro atoms. The SMILES string of the molecule is CC(=O)CCC(=O)C(C(=O)OC(C)(C)C)c1ccccc1[N+](=O)[O-]. The fourth-order valence-electron chi connectivity index (χ4n) is 2.13. The van der Waals surface area contributed by atoms with Crippen molar-refractivity contribution >= 4 is 23.2 Å². The molecule has 130 valence electrons. The summed E-state index contributed by atoms with van der Waals surface area (Å²) in [5.41, 5.74) is -1.20. The number of ether oxygens (including phenoxy) is 1. The van der Waals surface area contributed by atoms with E-state index in [0.717, 1.165) is 0 Å². The van der Waals surface area contributed by atoms with E-state index in [-0.39, 0.29) is 29.9 Å². The molecule has 7 heteroatoms. The minimum absolute atomic E-state index is 0.0229. The van der Waals surface area contributed by atoms with Gasteiger partial charge in [-0.05, 0) is 27.7 Å². The standard InChI is InChI=1S/C17H21NO6/c1-11(19)9-10-14(20)15(16(21)24-17(2,3)4)12-7-5-6-8-13(12)18(22)23/h5-8,15H,9-10H2,1-4H3. The molecule has 1 aromatic carbocycles. The average molecular weight is 335 g/mol. The smallest absolute Gasteiger partial charge is 0.321 e. The van der Waals surface area contributed by atoms with E-state index in [2.05, 4.69) is 0 Å². The Morgan fingerprint density at radius 3 is 2.25 bits per heavy atom. The Bertz CT molecular complexity index is 659. The zero-order valence-electron chi connectivity index (χ0n) is 14.2. The molecule has 0 bridgehead atoms. The molecule has 0 saturated heterocycles. The van der Waals surface area contributed by atoms with Crippen molar-refractivity contribution < 1.29 is 24.0 Å². The Morgan fingerprint density at radius 2 is 1.75 bits per heavy atom. The molecule has 24 heavy (non-hydrogen) atoms. The van der Waals surface area contributed by atoms with E-state index in [9.17, 15) is 24.5 Å². The molecule has 0 aliphatic heterocycles. The number of hydrogen-bond acceptors (Lipinski definition) is 6. The van der Waals surface area contributed by atoms with Crippen LogP contribution < -0.4 is 0 Å². The summed E-state index contributed by atoms with van der Waals surface area (Å²) >= 11 is 0. The molecule has 0 N–H and O–H groups in total. The lowest BCUT2D eigenvalue weighted by Crippen LogP contribution is -2.32. The lowest BCUT2D eigenvalue weighted by atomic mass is 9.90. The Labute approximate surface area is 140 Å². The van der Waals surface area contributed by atoms with Gasteiger partial charge in [-0.25, -0.2) is 0 Å². The normalized spacial score (nSPS) is 12.3. The molecule has 0 heterocycles. The first-order valence-corrected chi connectivity index (χ1v) is 7.51. The summed E-state index contributed by atoms with van der Waals surface area (Å²) in [5, 5.41) is 11.2. The molecule has 0 saturated carbocycles. The van der Waals surface area contributed by atoms with Gasteiger partial charge in [0.25, 0.3) is 5.69 Å². The molecule has 7 nitrogen and oxygen atoms in total. The highest BCUT2D eigenvalue weighted by Gasteiger charge is 2.36. The van der Waals surface area contributed by atoms with Crippen LogP contribution in [0.4, 0.5) is 5.69 Å². The number of para-hydroxylation sites is 1. The number of ketones is 2. The van der Waals surface area contributed by atoms with Gasteiger partial charge in [-0.3, -0.25) is 19.7 Å². The maximum absolute atomic E-state index is 12.5. The van der Waals surface area contributed by atoms with E-state index in [4.69, 9.17) is 4.74 Å². The Morgan fingerprint density at radius 1 is 1.17 bits per heavy atom. The van der Waals surface area contributed by atoms with Crippen molar-refractivity contribution in [2.24, 2.45) is 0 Å². The number of Topliss-reactive ketones (excluding diaryl/α,β-unsaturated/α-hetero) is 2. The van der Waals surface area contributed by atoms with Crippen LogP contribution in [-0.2, 0) is 19.1 Å². The molecule has 0 radical (unpaired) electrons. The first kappa shape index (κ1) is 19.5. The van der Waals surface area contributed by atoms with Crippen LogP contribution in [0.15, 0.2) is 24.3 Å². The summed E-state index contributed by atoms with van der Waals surface area (Å²) in [7, 11) is 0. The maximum atomic E-state index is 12.5. The van der Waals surface area contributed by atoms with Crippen molar-refractivity contribution in [2.45, 2.75) is 52.1 Å². The highest BCUT2D eigenvalue weighted by Crippen LogP contribution is 2.30. The van der Waals surface area contributed by atoms with Gasteiger partial charge in [0, 0.05) is 18.9 Å². The predicted octanol–water partition coefficient (Wildman–Crippen LogP) is 2.96. The monoisotopic (exact) mass is 335 g/mol.